The Bertz CT molecular complexity index is 704. The summed E-state index contributed by atoms with van der Waals surface area (Å²) in [5.74, 6) is 1.71. The van der Waals surface area contributed by atoms with Crippen LogP contribution < -0.4 is 4.74 Å². The number of aryl methyl sites for hydroxylation is 1. The van der Waals surface area contributed by atoms with E-state index in [1.165, 1.54) is 5.56 Å². The van der Waals surface area contributed by atoms with Gasteiger partial charge in [0.05, 0.1) is 12.8 Å². The second kappa shape index (κ2) is 8.85. The monoisotopic (exact) mass is 357 g/mol. The van der Waals surface area contributed by atoms with Crippen molar-refractivity contribution in [3.63, 3.8) is 0 Å². The van der Waals surface area contributed by atoms with Crippen molar-refractivity contribution in [3.05, 3.63) is 76.4 Å². The van der Waals surface area contributed by atoms with E-state index in [4.69, 9.17) is 9.15 Å². The van der Waals surface area contributed by atoms with Crippen LogP contribution in [-0.4, -0.2) is 29.3 Å². The first kappa shape index (κ1) is 17.7. The average Bonchev–Trinajstić information content (AvgIpc) is 3.28. The zero-order valence-corrected chi connectivity index (χ0v) is 15.1. The van der Waals surface area contributed by atoms with E-state index in [0.717, 1.165) is 23.6 Å². The molecule has 3 aromatic rings. The third-order valence-corrected chi connectivity index (χ3v) is 4.67. The molecule has 1 N–H and O–H groups in total. The maximum Gasteiger partial charge on any atom is 0.122 e. The fraction of sp³-hybridized carbons (Fsp3) is 0.300. The first-order chi connectivity index (χ1) is 12.2. The third-order valence-electron chi connectivity index (χ3n) is 3.94. The second-order valence-electron chi connectivity index (χ2n) is 6.11. The van der Waals surface area contributed by atoms with Gasteiger partial charge in [0.15, 0.2) is 0 Å². The maximum absolute atomic E-state index is 10.4. The minimum atomic E-state index is -0.576. The topological polar surface area (TPSA) is 45.8 Å². The number of thiophene rings is 1. The summed E-state index contributed by atoms with van der Waals surface area (Å²) >= 11 is 1.68. The van der Waals surface area contributed by atoms with Crippen molar-refractivity contribution in [2.24, 2.45) is 0 Å². The minimum absolute atomic E-state index is 0.267. The number of para-hydroxylation sites is 1. The lowest BCUT2D eigenvalue weighted by atomic mass is 10.2. The largest absolute Gasteiger partial charge is 0.491 e. The van der Waals surface area contributed by atoms with Gasteiger partial charge >= 0.3 is 0 Å². The number of aliphatic hydroxyl groups excluding tert-OH is 1. The predicted molar refractivity (Wildman–Crippen MR) is 99.8 cm³/mol. The third kappa shape index (κ3) is 5.46. The summed E-state index contributed by atoms with van der Waals surface area (Å²) in [7, 11) is 0. The van der Waals surface area contributed by atoms with Crippen LogP contribution in [0.15, 0.2) is 63.9 Å². The lowest BCUT2D eigenvalue weighted by Gasteiger charge is -2.24. The van der Waals surface area contributed by atoms with Crippen molar-refractivity contribution in [1.29, 1.82) is 0 Å². The molecule has 0 fully saturated rings. The number of benzene rings is 1. The highest BCUT2D eigenvalue weighted by Gasteiger charge is 2.15. The van der Waals surface area contributed by atoms with Crippen molar-refractivity contribution in [3.8, 4) is 5.75 Å². The van der Waals surface area contributed by atoms with Gasteiger partial charge in [0.1, 0.15) is 24.2 Å². The molecule has 25 heavy (non-hydrogen) atoms. The SMILES string of the molecule is Cc1ccccc1OC[C@H](O)CN(Cc1ccsc1)Cc1ccco1. The van der Waals surface area contributed by atoms with Gasteiger partial charge in [0, 0.05) is 13.1 Å². The minimum Gasteiger partial charge on any atom is -0.491 e. The first-order valence-corrected chi connectivity index (χ1v) is 9.27. The van der Waals surface area contributed by atoms with Crippen molar-refractivity contribution < 1.29 is 14.3 Å². The fourth-order valence-electron chi connectivity index (χ4n) is 2.70. The van der Waals surface area contributed by atoms with Gasteiger partial charge in [-0.05, 0) is 53.1 Å². The summed E-state index contributed by atoms with van der Waals surface area (Å²) in [5.41, 5.74) is 2.31. The molecule has 132 valence electrons. The quantitative estimate of drug-likeness (QED) is 0.626. The number of hydrogen-bond donors (Lipinski definition) is 1. The van der Waals surface area contributed by atoms with Gasteiger partial charge in [-0.3, -0.25) is 4.90 Å². The van der Waals surface area contributed by atoms with Crippen LogP contribution in [0.1, 0.15) is 16.9 Å². The molecule has 2 aromatic heterocycles. The van der Waals surface area contributed by atoms with Gasteiger partial charge in [-0.15, -0.1) is 0 Å². The molecule has 0 saturated heterocycles. The van der Waals surface area contributed by atoms with E-state index in [-0.39, 0.29) is 6.61 Å². The molecule has 1 atom stereocenters. The van der Waals surface area contributed by atoms with Crippen LogP contribution in [-0.2, 0) is 13.1 Å². The molecule has 0 aliphatic rings. The molecule has 1 aromatic carbocycles. The van der Waals surface area contributed by atoms with Gasteiger partial charge in [-0.2, -0.15) is 11.3 Å². The van der Waals surface area contributed by atoms with E-state index in [1.807, 2.05) is 43.3 Å². The molecule has 0 aliphatic carbocycles. The van der Waals surface area contributed by atoms with Crippen LogP contribution in [0.2, 0.25) is 0 Å². The normalized spacial score (nSPS) is 12.4. The Labute approximate surface area is 152 Å². The molecule has 5 heteroatoms. The lowest BCUT2D eigenvalue weighted by molar-refractivity contribution is 0.0603. The van der Waals surface area contributed by atoms with Gasteiger partial charge < -0.3 is 14.3 Å². The maximum atomic E-state index is 10.4. The number of rotatable bonds is 9. The molecule has 0 aliphatic heterocycles. The van der Waals surface area contributed by atoms with Crippen LogP contribution in [0, 0.1) is 6.92 Å². The Balaban J connectivity index is 1.57. The zero-order chi connectivity index (χ0) is 17.5. The molecule has 0 unspecified atom stereocenters. The summed E-state index contributed by atoms with van der Waals surface area (Å²) in [6, 6.07) is 13.8. The molecule has 0 radical (unpaired) electrons. The number of aliphatic hydroxyl groups is 1. The zero-order valence-electron chi connectivity index (χ0n) is 14.3. The summed E-state index contributed by atoms with van der Waals surface area (Å²) in [4.78, 5) is 2.17. The van der Waals surface area contributed by atoms with Crippen molar-refractivity contribution in [2.45, 2.75) is 26.1 Å². The molecular formula is C20H23NO3S. The summed E-state index contributed by atoms with van der Waals surface area (Å²) < 4.78 is 11.2. The van der Waals surface area contributed by atoms with E-state index >= 15 is 0 Å². The Hall–Kier alpha value is -2.08. The summed E-state index contributed by atoms with van der Waals surface area (Å²) in [6.07, 6.45) is 1.10. The van der Waals surface area contributed by atoms with E-state index in [9.17, 15) is 5.11 Å². The Morgan fingerprint density at radius 3 is 2.76 bits per heavy atom. The highest BCUT2D eigenvalue weighted by molar-refractivity contribution is 7.07. The number of hydrogen-bond acceptors (Lipinski definition) is 5. The molecule has 4 nitrogen and oxygen atoms in total. The van der Waals surface area contributed by atoms with Crippen LogP contribution in [0.25, 0.3) is 0 Å². The molecule has 0 spiro atoms. The standard InChI is InChI=1S/C20H23NO3S/c1-16-5-2-3-7-20(16)24-14-18(22)12-21(11-17-8-10-25-15-17)13-19-6-4-9-23-19/h2-10,15,18,22H,11-14H2,1H3/t18-/m1/s1. The Morgan fingerprint density at radius 2 is 2.04 bits per heavy atom. The molecule has 2 heterocycles. The van der Waals surface area contributed by atoms with Crippen molar-refractivity contribution >= 4 is 11.3 Å². The lowest BCUT2D eigenvalue weighted by Crippen LogP contribution is -2.35. The summed E-state index contributed by atoms with van der Waals surface area (Å²) in [6.45, 7) is 4.21. The van der Waals surface area contributed by atoms with Crippen molar-refractivity contribution in [2.75, 3.05) is 13.2 Å². The van der Waals surface area contributed by atoms with Crippen LogP contribution in [0.4, 0.5) is 0 Å². The molecule has 3 rings (SSSR count). The van der Waals surface area contributed by atoms with Crippen LogP contribution >= 0.6 is 11.3 Å². The summed E-state index contributed by atoms with van der Waals surface area (Å²) in [5, 5.41) is 14.6. The highest BCUT2D eigenvalue weighted by Crippen LogP contribution is 2.17. The Morgan fingerprint density at radius 1 is 1.16 bits per heavy atom. The number of furan rings is 1. The predicted octanol–water partition coefficient (Wildman–Crippen LogP) is 4.09. The number of ether oxygens (including phenoxy) is 1. The highest BCUT2D eigenvalue weighted by atomic mass is 32.1. The van der Waals surface area contributed by atoms with E-state index in [2.05, 4.69) is 21.7 Å². The fourth-order valence-corrected chi connectivity index (χ4v) is 3.36. The van der Waals surface area contributed by atoms with E-state index in [0.29, 0.717) is 13.1 Å². The van der Waals surface area contributed by atoms with Gasteiger partial charge in [0.2, 0.25) is 0 Å². The molecule has 0 saturated carbocycles. The smallest absolute Gasteiger partial charge is 0.122 e. The van der Waals surface area contributed by atoms with E-state index < -0.39 is 6.10 Å². The van der Waals surface area contributed by atoms with Gasteiger partial charge in [0.25, 0.3) is 0 Å². The first-order valence-electron chi connectivity index (χ1n) is 8.33. The Kier molecular flexibility index (Phi) is 6.28. The molecular weight excluding hydrogens is 334 g/mol. The number of nitrogens with zero attached hydrogens (tertiary/aromatic N) is 1. The van der Waals surface area contributed by atoms with Crippen LogP contribution in [0.5, 0.6) is 5.75 Å². The van der Waals surface area contributed by atoms with E-state index in [1.54, 1.807) is 17.6 Å². The second-order valence-corrected chi connectivity index (χ2v) is 6.89. The average molecular weight is 357 g/mol. The van der Waals surface area contributed by atoms with Crippen LogP contribution in [0.3, 0.4) is 0 Å². The molecule has 0 amide bonds. The molecule has 0 bridgehead atoms. The van der Waals surface area contributed by atoms with Gasteiger partial charge in [-0.25, -0.2) is 0 Å². The van der Waals surface area contributed by atoms with Crippen molar-refractivity contribution in [1.82, 2.24) is 4.90 Å². The van der Waals surface area contributed by atoms with Gasteiger partial charge in [-0.1, -0.05) is 18.2 Å².